The molecule has 1 atom stereocenters. The topological polar surface area (TPSA) is 75.6 Å². The molecular weight excluding hydrogens is 248 g/mol. The van der Waals surface area contributed by atoms with Crippen LogP contribution < -0.4 is 5.32 Å². The van der Waals surface area contributed by atoms with Crippen molar-refractivity contribution in [2.24, 2.45) is 5.92 Å². The molecule has 0 bridgehead atoms. The Labute approximate surface area is 105 Å². The Morgan fingerprint density at radius 3 is 1.94 bits per heavy atom. The molecule has 0 heterocycles. The van der Waals surface area contributed by atoms with Gasteiger partial charge in [0.1, 0.15) is 11.6 Å². The minimum absolute atomic E-state index is 0.761. The van der Waals surface area contributed by atoms with Crippen LogP contribution in [0.2, 0.25) is 0 Å². The lowest BCUT2D eigenvalue weighted by molar-refractivity contribution is -0.171. The molecule has 0 saturated carbocycles. The Hall–Kier alpha value is -1.40. The van der Waals surface area contributed by atoms with Crippen molar-refractivity contribution in [2.75, 3.05) is 0 Å². The Morgan fingerprint density at radius 2 is 1.67 bits per heavy atom. The predicted molar refractivity (Wildman–Crippen MR) is 60.6 cm³/mol. The summed E-state index contributed by atoms with van der Waals surface area (Å²) in [6, 6.07) is -1.83. The fraction of sp³-hybridized carbons (Fsp3) is 0.818. The van der Waals surface area contributed by atoms with Crippen molar-refractivity contribution in [1.82, 2.24) is 5.32 Å². The van der Waals surface area contributed by atoms with Crippen LogP contribution >= 0.6 is 0 Å². The molecule has 2 N–H and O–H groups in total. The smallest absolute Gasteiger partial charge is 0.408 e. The van der Waals surface area contributed by atoms with E-state index in [4.69, 9.17) is 9.84 Å². The van der Waals surface area contributed by atoms with E-state index in [1.54, 1.807) is 20.8 Å². The Bertz CT molecular complexity index is 323. The molecule has 0 aromatic carbocycles. The van der Waals surface area contributed by atoms with Gasteiger partial charge in [0.25, 0.3) is 0 Å². The molecule has 0 saturated heterocycles. The third kappa shape index (κ3) is 4.85. The first-order chi connectivity index (χ1) is 7.88. The van der Waals surface area contributed by atoms with Gasteiger partial charge in [-0.25, -0.2) is 9.59 Å². The number of rotatable bonds is 4. The van der Waals surface area contributed by atoms with Gasteiger partial charge in [-0.1, -0.05) is 13.8 Å². The van der Waals surface area contributed by atoms with Gasteiger partial charge in [0.2, 0.25) is 0 Å². The first-order valence-corrected chi connectivity index (χ1v) is 5.48. The molecule has 106 valence electrons. The largest absolute Gasteiger partial charge is 0.477 e. The van der Waals surface area contributed by atoms with Crippen molar-refractivity contribution in [2.45, 2.75) is 52.2 Å². The van der Waals surface area contributed by atoms with E-state index in [-0.39, 0.29) is 0 Å². The standard InChI is InChI=1S/C11H19F2NO4/c1-6(2)7(11(12,13)8(15)16)14-9(17)18-10(3,4)5/h6-7H,1-5H3,(H,14,17)(H,15,16). The van der Waals surface area contributed by atoms with E-state index in [9.17, 15) is 18.4 Å². The maximum absolute atomic E-state index is 13.4. The van der Waals surface area contributed by atoms with Gasteiger partial charge in [0.15, 0.2) is 0 Å². The second-order valence-corrected chi connectivity index (χ2v) is 5.30. The van der Waals surface area contributed by atoms with E-state index in [0.717, 1.165) is 0 Å². The highest BCUT2D eigenvalue weighted by molar-refractivity contribution is 5.78. The third-order valence-corrected chi connectivity index (χ3v) is 2.01. The van der Waals surface area contributed by atoms with E-state index < -0.39 is 35.5 Å². The highest BCUT2D eigenvalue weighted by Crippen LogP contribution is 2.25. The van der Waals surface area contributed by atoms with Gasteiger partial charge in [-0.05, 0) is 26.7 Å². The highest BCUT2D eigenvalue weighted by atomic mass is 19.3. The highest BCUT2D eigenvalue weighted by Gasteiger charge is 2.50. The fourth-order valence-corrected chi connectivity index (χ4v) is 1.24. The lowest BCUT2D eigenvalue weighted by Gasteiger charge is -2.29. The number of hydrogen-bond donors (Lipinski definition) is 2. The van der Waals surface area contributed by atoms with E-state index in [2.05, 4.69) is 0 Å². The van der Waals surface area contributed by atoms with Crippen molar-refractivity contribution < 1.29 is 28.2 Å². The first-order valence-electron chi connectivity index (χ1n) is 5.48. The van der Waals surface area contributed by atoms with Crippen LogP contribution in [0, 0.1) is 5.92 Å². The maximum atomic E-state index is 13.4. The number of carboxylic acid groups (broad SMARTS) is 1. The summed E-state index contributed by atoms with van der Waals surface area (Å²) in [6.07, 6.45) is -1.07. The van der Waals surface area contributed by atoms with Gasteiger partial charge in [-0.15, -0.1) is 0 Å². The van der Waals surface area contributed by atoms with Crippen molar-refractivity contribution in [1.29, 1.82) is 0 Å². The Kier molecular flexibility index (Phi) is 5.07. The number of nitrogens with one attached hydrogen (secondary N) is 1. The van der Waals surface area contributed by atoms with E-state index in [1.807, 2.05) is 5.32 Å². The summed E-state index contributed by atoms with van der Waals surface area (Å²) in [5, 5.41) is 10.4. The minimum atomic E-state index is -4.05. The first kappa shape index (κ1) is 16.6. The number of hydrogen-bond acceptors (Lipinski definition) is 3. The zero-order valence-electron chi connectivity index (χ0n) is 11.1. The average Bonchev–Trinajstić information content (AvgIpc) is 2.10. The molecule has 0 fully saturated rings. The summed E-state index contributed by atoms with van der Waals surface area (Å²) >= 11 is 0. The molecule has 1 unspecified atom stereocenters. The number of carboxylic acids is 1. The molecule has 18 heavy (non-hydrogen) atoms. The van der Waals surface area contributed by atoms with Gasteiger partial charge < -0.3 is 15.2 Å². The molecule has 7 heteroatoms. The third-order valence-electron chi connectivity index (χ3n) is 2.01. The monoisotopic (exact) mass is 267 g/mol. The summed E-state index contributed by atoms with van der Waals surface area (Å²) in [6.45, 7) is 7.50. The normalized spacial score (nSPS) is 14.2. The molecule has 0 radical (unpaired) electrons. The molecule has 5 nitrogen and oxygen atoms in total. The van der Waals surface area contributed by atoms with Crippen LogP contribution in [0.4, 0.5) is 13.6 Å². The lowest BCUT2D eigenvalue weighted by atomic mass is 9.98. The van der Waals surface area contributed by atoms with Crippen molar-refractivity contribution in [3.05, 3.63) is 0 Å². The van der Waals surface area contributed by atoms with Crippen LogP contribution in [0.15, 0.2) is 0 Å². The number of carbonyl (C=O) groups is 2. The summed E-state index contributed by atoms with van der Waals surface area (Å²) in [7, 11) is 0. The average molecular weight is 267 g/mol. The summed E-state index contributed by atoms with van der Waals surface area (Å²) in [5.74, 6) is -7.09. The molecule has 0 aliphatic carbocycles. The molecule has 1 amide bonds. The lowest BCUT2D eigenvalue weighted by Crippen LogP contribution is -2.55. The predicted octanol–water partition coefficient (Wildman–Crippen LogP) is 2.26. The van der Waals surface area contributed by atoms with Crippen LogP contribution in [-0.2, 0) is 9.53 Å². The second kappa shape index (κ2) is 5.49. The van der Waals surface area contributed by atoms with Crippen molar-refractivity contribution in [3.8, 4) is 0 Å². The van der Waals surface area contributed by atoms with Gasteiger partial charge in [-0.3, -0.25) is 0 Å². The summed E-state index contributed by atoms with van der Waals surface area (Å²) in [4.78, 5) is 21.9. The number of carbonyl (C=O) groups excluding carboxylic acids is 1. The van der Waals surface area contributed by atoms with Crippen LogP contribution in [0.1, 0.15) is 34.6 Å². The van der Waals surface area contributed by atoms with E-state index in [0.29, 0.717) is 0 Å². The molecule has 0 spiro atoms. The number of alkyl carbamates (subject to hydrolysis) is 1. The minimum Gasteiger partial charge on any atom is -0.477 e. The zero-order valence-corrected chi connectivity index (χ0v) is 11.1. The number of amides is 1. The Balaban J connectivity index is 4.86. The van der Waals surface area contributed by atoms with Crippen LogP contribution in [0.3, 0.4) is 0 Å². The van der Waals surface area contributed by atoms with E-state index in [1.165, 1.54) is 13.8 Å². The van der Waals surface area contributed by atoms with Gasteiger partial charge in [0.05, 0.1) is 0 Å². The summed E-state index contributed by atoms with van der Waals surface area (Å²) < 4.78 is 31.6. The second-order valence-electron chi connectivity index (χ2n) is 5.30. The molecular formula is C11H19F2NO4. The summed E-state index contributed by atoms with van der Waals surface area (Å²) in [5.41, 5.74) is -0.843. The van der Waals surface area contributed by atoms with Crippen molar-refractivity contribution >= 4 is 12.1 Å². The number of halogens is 2. The van der Waals surface area contributed by atoms with Crippen molar-refractivity contribution in [3.63, 3.8) is 0 Å². The van der Waals surface area contributed by atoms with Crippen LogP contribution in [0.25, 0.3) is 0 Å². The number of ether oxygens (including phenoxy) is 1. The molecule has 0 aliphatic rings. The van der Waals surface area contributed by atoms with Gasteiger partial charge in [0, 0.05) is 0 Å². The quantitative estimate of drug-likeness (QED) is 0.819. The van der Waals surface area contributed by atoms with Crippen LogP contribution in [0.5, 0.6) is 0 Å². The molecule has 0 aromatic heterocycles. The fourth-order valence-electron chi connectivity index (χ4n) is 1.24. The maximum Gasteiger partial charge on any atom is 0.408 e. The van der Waals surface area contributed by atoms with E-state index >= 15 is 0 Å². The molecule has 0 rings (SSSR count). The van der Waals surface area contributed by atoms with Gasteiger partial charge >= 0.3 is 18.0 Å². The SMILES string of the molecule is CC(C)C(NC(=O)OC(C)(C)C)C(F)(F)C(=O)O. The zero-order chi connectivity index (χ0) is 14.7. The number of aliphatic carboxylic acids is 1. The number of alkyl halides is 2. The Morgan fingerprint density at radius 1 is 1.22 bits per heavy atom. The van der Waals surface area contributed by atoms with Gasteiger partial charge in [-0.2, -0.15) is 8.78 Å². The molecule has 0 aliphatic heterocycles. The molecule has 0 aromatic rings. The van der Waals surface area contributed by atoms with Crippen LogP contribution in [-0.4, -0.2) is 34.7 Å².